The zero-order valence-electron chi connectivity index (χ0n) is 18.1. The van der Waals surface area contributed by atoms with E-state index in [-0.39, 0.29) is 22.3 Å². The normalized spacial score (nSPS) is 15.1. The molecule has 2 aromatic carbocycles. The summed E-state index contributed by atoms with van der Waals surface area (Å²) >= 11 is 1.33. The van der Waals surface area contributed by atoms with Gasteiger partial charge in [-0.3, -0.25) is 4.79 Å². The lowest BCUT2D eigenvalue weighted by molar-refractivity contribution is -0.113. The van der Waals surface area contributed by atoms with Gasteiger partial charge < -0.3 is 14.6 Å². The topological polar surface area (TPSA) is 93.5 Å². The van der Waals surface area contributed by atoms with Crippen molar-refractivity contribution in [3.05, 3.63) is 42.5 Å². The first-order valence-corrected chi connectivity index (χ1v) is 12.8. The number of rotatable bonds is 7. The number of benzene rings is 2. The number of carbonyl (C=O) groups is 1. The highest BCUT2D eigenvalue weighted by Gasteiger charge is 2.29. The summed E-state index contributed by atoms with van der Waals surface area (Å²) in [6.45, 7) is 0.994. The Hall–Kier alpha value is -2.56. The van der Waals surface area contributed by atoms with Crippen molar-refractivity contribution in [2.75, 3.05) is 31.3 Å². The van der Waals surface area contributed by atoms with Crippen LogP contribution < -0.4 is 10.1 Å². The summed E-state index contributed by atoms with van der Waals surface area (Å²) in [5.74, 6) is 0.174. The zero-order valence-corrected chi connectivity index (χ0v) is 19.7. The molecule has 10 heteroatoms. The Morgan fingerprint density at radius 2 is 1.91 bits per heavy atom. The number of hydrogen-bond acceptors (Lipinski definition) is 6. The number of hydrogen-bond donors (Lipinski definition) is 1. The Bertz CT molecular complexity index is 1230. The molecule has 4 rings (SSSR count). The number of aromatic nitrogens is 2. The molecule has 0 atom stereocenters. The number of carbonyl (C=O) groups excluding carboxylic acids is 1. The van der Waals surface area contributed by atoms with Crippen LogP contribution in [0.15, 0.2) is 52.5 Å². The van der Waals surface area contributed by atoms with Gasteiger partial charge in [-0.25, -0.2) is 13.4 Å². The first-order chi connectivity index (χ1) is 15.4. The molecule has 1 aliphatic rings. The Kier molecular flexibility index (Phi) is 6.73. The molecule has 1 saturated heterocycles. The predicted octanol–water partition coefficient (Wildman–Crippen LogP) is 3.49. The van der Waals surface area contributed by atoms with Crippen molar-refractivity contribution >= 4 is 44.4 Å². The summed E-state index contributed by atoms with van der Waals surface area (Å²) in [6, 6.07) is 12.5. The monoisotopic (exact) mass is 474 g/mol. The number of sulfonamides is 1. The van der Waals surface area contributed by atoms with E-state index < -0.39 is 10.0 Å². The first-order valence-electron chi connectivity index (χ1n) is 10.4. The molecule has 32 heavy (non-hydrogen) atoms. The summed E-state index contributed by atoms with van der Waals surface area (Å²) in [5, 5.41) is 3.54. The van der Waals surface area contributed by atoms with Crippen LogP contribution in [0.5, 0.6) is 5.75 Å². The molecule has 0 radical (unpaired) electrons. The van der Waals surface area contributed by atoms with E-state index in [2.05, 4.69) is 10.3 Å². The molecule has 1 aliphatic heterocycles. The van der Waals surface area contributed by atoms with E-state index in [0.717, 1.165) is 35.5 Å². The van der Waals surface area contributed by atoms with Gasteiger partial charge in [0.1, 0.15) is 10.6 Å². The van der Waals surface area contributed by atoms with Gasteiger partial charge in [0.15, 0.2) is 5.16 Å². The maximum absolute atomic E-state index is 13.2. The van der Waals surface area contributed by atoms with E-state index in [1.54, 1.807) is 12.1 Å². The van der Waals surface area contributed by atoms with Crippen molar-refractivity contribution in [2.24, 2.45) is 7.05 Å². The first kappa shape index (κ1) is 22.6. The molecule has 1 aromatic heterocycles. The lowest BCUT2D eigenvalue weighted by atomic mass is 10.2. The summed E-state index contributed by atoms with van der Waals surface area (Å²) < 4.78 is 35.0. The van der Waals surface area contributed by atoms with E-state index in [1.165, 1.54) is 29.2 Å². The number of thioether (sulfide) groups is 1. The van der Waals surface area contributed by atoms with Crippen molar-refractivity contribution in [3.8, 4) is 5.75 Å². The highest BCUT2D eigenvalue weighted by Crippen LogP contribution is 2.31. The quantitative estimate of drug-likeness (QED) is 0.527. The Morgan fingerprint density at radius 3 is 2.62 bits per heavy atom. The van der Waals surface area contributed by atoms with Crippen molar-refractivity contribution < 1.29 is 17.9 Å². The van der Waals surface area contributed by atoms with Crippen LogP contribution in [-0.4, -0.2) is 54.1 Å². The average molecular weight is 475 g/mol. The molecular weight excluding hydrogens is 448 g/mol. The maximum atomic E-state index is 13.2. The standard InChI is InChI=1S/C22H26N4O4S2/c1-25-18-9-5-4-8-17(18)24-22(25)31-15-21(27)23-16-10-11-19(30-2)20(14-16)32(28,29)26-12-6-3-7-13-26/h4-5,8-11,14H,3,6-7,12-13,15H2,1-2H3,(H,23,27). The molecule has 1 amide bonds. The van der Waals surface area contributed by atoms with Crippen molar-refractivity contribution in [2.45, 2.75) is 29.3 Å². The van der Waals surface area contributed by atoms with Crippen LogP contribution in [0.1, 0.15) is 19.3 Å². The van der Waals surface area contributed by atoms with Crippen LogP contribution in [0.2, 0.25) is 0 Å². The largest absolute Gasteiger partial charge is 0.495 e. The van der Waals surface area contributed by atoms with E-state index in [4.69, 9.17) is 4.74 Å². The van der Waals surface area contributed by atoms with Crippen LogP contribution in [0, 0.1) is 0 Å². The van der Waals surface area contributed by atoms with Gasteiger partial charge in [0.25, 0.3) is 0 Å². The summed E-state index contributed by atoms with van der Waals surface area (Å²) in [7, 11) is -0.346. The molecular formula is C22H26N4O4S2. The molecule has 0 unspecified atom stereocenters. The average Bonchev–Trinajstić information content (AvgIpc) is 3.14. The minimum absolute atomic E-state index is 0.0719. The van der Waals surface area contributed by atoms with Crippen molar-refractivity contribution in [1.82, 2.24) is 13.9 Å². The number of fused-ring (bicyclic) bond motifs is 1. The van der Waals surface area contributed by atoms with Crippen LogP contribution in [0.4, 0.5) is 5.69 Å². The molecule has 0 saturated carbocycles. The van der Waals surface area contributed by atoms with Gasteiger partial charge in [-0.1, -0.05) is 30.3 Å². The van der Waals surface area contributed by atoms with E-state index in [9.17, 15) is 13.2 Å². The number of nitrogens with one attached hydrogen (secondary N) is 1. The van der Waals surface area contributed by atoms with Crippen LogP contribution >= 0.6 is 11.8 Å². The number of piperidine rings is 1. The molecule has 0 aliphatic carbocycles. The number of ether oxygens (including phenoxy) is 1. The minimum Gasteiger partial charge on any atom is -0.495 e. The lowest BCUT2D eigenvalue weighted by Gasteiger charge is -2.26. The third-order valence-corrected chi connectivity index (χ3v) is 8.41. The highest BCUT2D eigenvalue weighted by molar-refractivity contribution is 7.99. The molecule has 0 bridgehead atoms. The predicted molar refractivity (Wildman–Crippen MR) is 126 cm³/mol. The number of methoxy groups -OCH3 is 1. The van der Waals surface area contributed by atoms with Crippen molar-refractivity contribution in [1.29, 1.82) is 0 Å². The van der Waals surface area contributed by atoms with Gasteiger partial charge in [0.2, 0.25) is 15.9 Å². The second-order valence-corrected chi connectivity index (χ2v) is 10.5. The SMILES string of the molecule is COc1ccc(NC(=O)CSc2nc3ccccc3n2C)cc1S(=O)(=O)N1CCCCC1. The maximum Gasteiger partial charge on any atom is 0.246 e. The number of amides is 1. The van der Waals surface area contributed by atoms with Crippen LogP contribution in [-0.2, 0) is 21.9 Å². The Morgan fingerprint density at radius 1 is 1.16 bits per heavy atom. The minimum atomic E-state index is -3.70. The van der Waals surface area contributed by atoms with Gasteiger partial charge in [0, 0.05) is 25.8 Å². The zero-order chi connectivity index (χ0) is 22.7. The smallest absolute Gasteiger partial charge is 0.246 e. The second-order valence-electron chi connectivity index (χ2n) is 7.61. The summed E-state index contributed by atoms with van der Waals surface area (Å²) in [5.41, 5.74) is 2.29. The second kappa shape index (κ2) is 9.51. The molecule has 1 N–H and O–H groups in total. The number of para-hydroxylation sites is 2. The molecule has 170 valence electrons. The molecule has 2 heterocycles. The number of aryl methyl sites for hydroxylation is 1. The van der Waals surface area contributed by atoms with Crippen LogP contribution in [0.25, 0.3) is 11.0 Å². The third-order valence-electron chi connectivity index (χ3n) is 5.46. The fourth-order valence-corrected chi connectivity index (χ4v) is 6.27. The number of anilines is 1. The fourth-order valence-electron chi connectivity index (χ4n) is 3.78. The summed E-state index contributed by atoms with van der Waals surface area (Å²) in [6.07, 6.45) is 2.72. The number of imidazole rings is 1. The summed E-state index contributed by atoms with van der Waals surface area (Å²) in [4.78, 5) is 17.2. The lowest BCUT2D eigenvalue weighted by Crippen LogP contribution is -2.35. The van der Waals surface area contributed by atoms with E-state index >= 15 is 0 Å². The molecule has 8 nitrogen and oxygen atoms in total. The fraction of sp³-hybridized carbons (Fsp3) is 0.364. The van der Waals surface area contributed by atoms with Gasteiger partial charge in [-0.2, -0.15) is 4.31 Å². The van der Waals surface area contributed by atoms with Gasteiger partial charge >= 0.3 is 0 Å². The molecule has 1 fully saturated rings. The van der Waals surface area contributed by atoms with E-state index in [1.807, 2.05) is 35.9 Å². The number of nitrogens with zero attached hydrogens (tertiary/aromatic N) is 3. The van der Waals surface area contributed by atoms with Gasteiger partial charge in [-0.05, 0) is 43.2 Å². The Balaban J connectivity index is 1.48. The third kappa shape index (κ3) is 4.62. The van der Waals surface area contributed by atoms with Gasteiger partial charge in [-0.15, -0.1) is 0 Å². The van der Waals surface area contributed by atoms with Crippen molar-refractivity contribution in [3.63, 3.8) is 0 Å². The van der Waals surface area contributed by atoms with E-state index in [0.29, 0.717) is 18.8 Å². The highest BCUT2D eigenvalue weighted by atomic mass is 32.2. The molecule has 3 aromatic rings. The molecule has 0 spiro atoms. The Labute approximate surface area is 192 Å². The van der Waals surface area contributed by atoms with Gasteiger partial charge in [0.05, 0.1) is 23.9 Å². The van der Waals surface area contributed by atoms with Crippen LogP contribution in [0.3, 0.4) is 0 Å².